The van der Waals surface area contributed by atoms with Gasteiger partial charge in [-0.2, -0.15) is 0 Å². The maximum atomic E-state index is 14.7. The zero-order valence-corrected chi connectivity index (χ0v) is 42.0. The number of ketones is 1. The summed E-state index contributed by atoms with van der Waals surface area (Å²) in [5, 5.41) is 25.7. The fraction of sp³-hybridized carbons (Fsp3) is 0.714. The molecule has 1 aromatic rings. The first-order chi connectivity index (χ1) is 31.4. The highest BCUT2D eigenvalue weighted by Gasteiger charge is 2.44. The number of nitrogens with one attached hydrogen (secondary N) is 5. The van der Waals surface area contributed by atoms with E-state index in [-0.39, 0.29) is 37.6 Å². The highest BCUT2D eigenvalue weighted by atomic mass is 16.5. The fourth-order valence-corrected chi connectivity index (χ4v) is 8.68. The summed E-state index contributed by atoms with van der Waals surface area (Å²) in [7, 11) is 4.57. The van der Waals surface area contributed by atoms with E-state index in [0.717, 1.165) is 0 Å². The van der Waals surface area contributed by atoms with Crippen molar-refractivity contribution < 1.29 is 52.9 Å². The van der Waals surface area contributed by atoms with Gasteiger partial charge in [-0.3, -0.25) is 33.6 Å². The van der Waals surface area contributed by atoms with Crippen LogP contribution in [0.25, 0.3) is 0 Å². The van der Waals surface area contributed by atoms with Crippen molar-refractivity contribution in [3.63, 3.8) is 0 Å². The molecule has 18 heteroatoms. The first-order valence-corrected chi connectivity index (χ1v) is 24.0. The van der Waals surface area contributed by atoms with Crippen molar-refractivity contribution in [1.29, 1.82) is 0 Å². The Balaban J connectivity index is 2.23. The third kappa shape index (κ3) is 15.5. The summed E-state index contributed by atoms with van der Waals surface area (Å²) in [5.74, 6) is -7.03. The second-order valence-corrected chi connectivity index (χ2v) is 19.6. The monoisotopic (exact) mass is 942 g/mol. The third-order valence-electron chi connectivity index (χ3n) is 13.0. The molecule has 2 aliphatic rings. The Morgan fingerprint density at radius 1 is 0.910 bits per heavy atom. The van der Waals surface area contributed by atoms with Gasteiger partial charge in [0.1, 0.15) is 36.0 Å². The van der Waals surface area contributed by atoms with Crippen LogP contribution in [0.2, 0.25) is 0 Å². The van der Waals surface area contributed by atoms with Gasteiger partial charge >= 0.3 is 5.97 Å². The lowest BCUT2D eigenvalue weighted by Gasteiger charge is -2.35. The van der Waals surface area contributed by atoms with Crippen LogP contribution >= 0.6 is 0 Å². The second-order valence-electron chi connectivity index (χ2n) is 19.6. The minimum atomic E-state index is -1.52. The number of ether oxygens (including phenoxy) is 2. The first-order valence-electron chi connectivity index (χ1n) is 24.0. The number of esters is 1. The number of aliphatic hydroxyl groups excluding tert-OH is 1. The number of amides is 6. The van der Waals surface area contributed by atoms with Gasteiger partial charge in [-0.15, -0.1) is 0 Å². The Labute approximate surface area is 397 Å². The smallest absolute Gasteiger partial charge is 0.329 e. The number of nitrogens with zero attached hydrogens (tertiary/aromatic N) is 2. The summed E-state index contributed by atoms with van der Waals surface area (Å²) in [4.78, 5) is 116. The molecule has 1 aromatic carbocycles. The molecule has 0 saturated carbocycles. The van der Waals surface area contributed by atoms with E-state index in [1.807, 2.05) is 34.6 Å². The second kappa shape index (κ2) is 25.9. The van der Waals surface area contributed by atoms with E-state index in [4.69, 9.17) is 9.47 Å². The van der Waals surface area contributed by atoms with Crippen molar-refractivity contribution in [2.24, 2.45) is 29.6 Å². The molecule has 376 valence electrons. The summed E-state index contributed by atoms with van der Waals surface area (Å²) in [6, 6.07) is -1.00. The van der Waals surface area contributed by atoms with Crippen LogP contribution in [0.4, 0.5) is 0 Å². The van der Waals surface area contributed by atoms with Crippen LogP contribution in [-0.2, 0) is 49.5 Å². The van der Waals surface area contributed by atoms with Crippen LogP contribution in [0.1, 0.15) is 113 Å². The summed E-state index contributed by atoms with van der Waals surface area (Å²) in [5.41, 5.74) is 0.636. The molecule has 6 amide bonds. The number of hydrogen-bond acceptors (Lipinski definition) is 12. The molecule has 2 heterocycles. The van der Waals surface area contributed by atoms with Gasteiger partial charge in [-0.25, -0.2) is 4.79 Å². The average molecular weight is 942 g/mol. The van der Waals surface area contributed by atoms with E-state index in [0.29, 0.717) is 30.6 Å². The Bertz CT molecular complexity index is 1870. The molecular formula is C49H79N7O11. The number of Topliss-reactive ketones (excluding diaryl/α,β-unsaturated/α-hetero) is 1. The van der Waals surface area contributed by atoms with Crippen LogP contribution in [0.3, 0.4) is 0 Å². The third-order valence-corrected chi connectivity index (χ3v) is 13.0. The molecule has 11 atom stereocenters. The number of rotatable bonds is 13. The number of fused-ring (bicyclic) bond motifs is 1. The van der Waals surface area contributed by atoms with Crippen LogP contribution < -0.4 is 31.3 Å². The van der Waals surface area contributed by atoms with Gasteiger partial charge in [0.05, 0.1) is 43.7 Å². The standard InChI is InChI=1S/C49H79N7O11/c1-14-29(8)41-38(57)25-39(58)52-40(28(6)7)43(59)30(9)44(60)51-35(23-27(4)5)47(63)56-21-15-16-36(56)48(64)55(12)37(24-32-17-19-33(66-13)20-18-32)49(65)67-31(10)42(46(62)53-41)54-45(61)34(50-11)22-26(2)3/h17-20,26-31,34-38,40-42,50,57H,14-16,21-25H2,1-13H3,(H,51,60)(H,52,58)(H,53,62)(H,54,61)/t29-,30-,31+,34+,35-,36-,37-,38-,40-,41+,42+/m0/s1. The average Bonchev–Trinajstić information content (AvgIpc) is 3.77. The predicted octanol–water partition coefficient (Wildman–Crippen LogP) is 2.28. The molecule has 0 aromatic heterocycles. The van der Waals surface area contributed by atoms with Gasteiger partial charge in [0.15, 0.2) is 5.78 Å². The maximum Gasteiger partial charge on any atom is 0.329 e. The van der Waals surface area contributed by atoms with Gasteiger partial charge < -0.3 is 51.0 Å². The highest BCUT2D eigenvalue weighted by Crippen LogP contribution is 2.25. The number of methoxy groups -OCH3 is 1. The van der Waals surface area contributed by atoms with Gasteiger partial charge in [0.2, 0.25) is 35.4 Å². The molecule has 0 bridgehead atoms. The van der Waals surface area contributed by atoms with E-state index in [2.05, 4.69) is 26.6 Å². The minimum Gasteiger partial charge on any atom is -0.497 e. The topological polar surface area (TPSA) is 242 Å². The number of likely N-dealkylation sites (N-methyl/N-ethyl adjacent to an activating group) is 2. The van der Waals surface area contributed by atoms with E-state index in [1.54, 1.807) is 52.1 Å². The van der Waals surface area contributed by atoms with Gasteiger partial charge in [0, 0.05) is 20.0 Å². The summed E-state index contributed by atoms with van der Waals surface area (Å²) < 4.78 is 11.4. The van der Waals surface area contributed by atoms with Gasteiger partial charge in [-0.1, -0.05) is 73.9 Å². The largest absolute Gasteiger partial charge is 0.497 e. The summed E-state index contributed by atoms with van der Waals surface area (Å²) in [6.07, 6.45) is -1.64. The van der Waals surface area contributed by atoms with Crippen LogP contribution in [0, 0.1) is 29.6 Å². The fourth-order valence-electron chi connectivity index (χ4n) is 8.68. The lowest BCUT2D eigenvalue weighted by molar-refractivity contribution is -0.162. The van der Waals surface area contributed by atoms with Gasteiger partial charge in [0.25, 0.3) is 0 Å². The Morgan fingerprint density at radius 3 is 2.10 bits per heavy atom. The first kappa shape index (κ1) is 56.2. The minimum absolute atomic E-state index is 0.0441. The van der Waals surface area contributed by atoms with Crippen LogP contribution in [0.5, 0.6) is 5.75 Å². The van der Waals surface area contributed by atoms with Crippen LogP contribution in [-0.4, -0.2) is 144 Å². The van der Waals surface area contributed by atoms with Gasteiger partial charge in [-0.05, 0) is 87.9 Å². The molecule has 0 unspecified atom stereocenters. The van der Waals surface area contributed by atoms with Crippen molar-refractivity contribution in [2.45, 2.75) is 169 Å². The number of benzene rings is 1. The predicted molar refractivity (Wildman–Crippen MR) is 252 cm³/mol. The Kier molecular flexibility index (Phi) is 21.7. The molecule has 6 N–H and O–H groups in total. The molecule has 0 radical (unpaired) electrons. The van der Waals surface area contributed by atoms with E-state index in [1.165, 1.54) is 37.8 Å². The van der Waals surface area contributed by atoms with Crippen LogP contribution in [0.15, 0.2) is 24.3 Å². The van der Waals surface area contributed by atoms with E-state index >= 15 is 0 Å². The zero-order valence-electron chi connectivity index (χ0n) is 42.0. The van der Waals surface area contributed by atoms with Crippen molar-refractivity contribution in [2.75, 3.05) is 27.7 Å². The van der Waals surface area contributed by atoms with Crippen molar-refractivity contribution in [1.82, 2.24) is 36.4 Å². The summed E-state index contributed by atoms with van der Waals surface area (Å²) in [6.45, 7) is 17.7. The molecule has 2 aliphatic heterocycles. The molecule has 2 saturated heterocycles. The van der Waals surface area contributed by atoms with Crippen molar-refractivity contribution >= 4 is 47.2 Å². The molecule has 18 nitrogen and oxygen atoms in total. The van der Waals surface area contributed by atoms with E-state index < -0.39 is 126 Å². The number of cyclic esters (lactones) is 1. The molecule has 3 rings (SSSR count). The zero-order chi connectivity index (χ0) is 50.4. The maximum absolute atomic E-state index is 14.7. The molecule has 0 spiro atoms. The number of aliphatic hydroxyl groups is 1. The normalized spacial score (nSPS) is 27.8. The van der Waals surface area contributed by atoms with Crippen molar-refractivity contribution in [3.05, 3.63) is 29.8 Å². The molecular weight excluding hydrogens is 863 g/mol. The quantitative estimate of drug-likeness (QED) is 0.123. The Hall–Kier alpha value is -5.10. The summed E-state index contributed by atoms with van der Waals surface area (Å²) >= 11 is 0. The molecule has 67 heavy (non-hydrogen) atoms. The Morgan fingerprint density at radius 2 is 1.55 bits per heavy atom. The molecule has 0 aliphatic carbocycles. The number of carbonyl (C=O) groups is 8. The van der Waals surface area contributed by atoms with Crippen molar-refractivity contribution in [3.8, 4) is 5.75 Å². The number of carbonyl (C=O) groups excluding carboxylic acids is 8. The van der Waals surface area contributed by atoms with E-state index in [9.17, 15) is 43.5 Å². The lowest BCUT2D eigenvalue weighted by atomic mass is 9.89. The molecule has 2 fully saturated rings. The number of hydrogen-bond donors (Lipinski definition) is 6. The highest BCUT2D eigenvalue weighted by molar-refractivity contribution is 6.06. The SMILES string of the molecule is CC[C@H](C)[C@H]1NC(=O)[C@H](NC(=O)[C@@H](CC(C)C)NC)[C@@H](C)OC(=O)[C@H](Cc2ccc(OC)cc2)N(C)C(=O)[C@@H]2CCCN2C(=O)[C@H](CC(C)C)NC(=O)[C@@H](C)C(=O)[C@H](C(C)C)NC(=O)C[C@@H]1O. The lowest BCUT2D eigenvalue weighted by Crippen LogP contribution is -2.61.